The molecule has 1 aliphatic rings. The van der Waals surface area contributed by atoms with Crippen molar-refractivity contribution in [2.45, 2.75) is 26.8 Å². The van der Waals surface area contributed by atoms with Crippen molar-refractivity contribution < 1.29 is 0 Å². The predicted octanol–water partition coefficient (Wildman–Crippen LogP) is 1.45. The smallest absolute Gasteiger partial charge is 0.0654 e. The Morgan fingerprint density at radius 1 is 1.67 bits per heavy atom. The van der Waals surface area contributed by atoms with Crippen LogP contribution in [-0.2, 0) is 13.0 Å². The third-order valence-corrected chi connectivity index (χ3v) is 2.33. The summed E-state index contributed by atoms with van der Waals surface area (Å²) in [4.78, 5) is 0. The van der Waals surface area contributed by atoms with Crippen LogP contribution in [-0.4, -0.2) is 9.78 Å². The van der Waals surface area contributed by atoms with Crippen LogP contribution in [0.15, 0.2) is 6.20 Å². The molecule has 0 saturated carbocycles. The largest absolute Gasteiger partial charge is 0.268 e. The van der Waals surface area contributed by atoms with Crippen molar-refractivity contribution >= 4 is 0 Å². The molecule has 12 heavy (non-hydrogen) atoms. The van der Waals surface area contributed by atoms with Gasteiger partial charge in [0.2, 0.25) is 0 Å². The van der Waals surface area contributed by atoms with E-state index in [0.717, 1.165) is 18.5 Å². The van der Waals surface area contributed by atoms with E-state index in [1.165, 1.54) is 5.69 Å². The Balaban J connectivity index is 2.45. The molecular weight excluding hydrogens is 148 g/mol. The molecule has 0 unspecified atom stereocenters. The lowest BCUT2D eigenvalue weighted by Gasteiger charge is -2.14. The van der Waals surface area contributed by atoms with E-state index in [9.17, 15) is 0 Å². The number of aromatic nitrogens is 2. The first-order chi connectivity index (χ1) is 5.62. The maximum Gasteiger partial charge on any atom is 0.0654 e. The molecule has 62 valence electrons. The molecule has 1 aliphatic heterocycles. The molecule has 0 atom stereocenters. The molecule has 1 aromatic heterocycles. The molecule has 0 amide bonds. The number of hydrogen-bond acceptors (Lipinski definition) is 1. The highest BCUT2D eigenvalue weighted by molar-refractivity contribution is 5.36. The first kappa shape index (κ1) is 7.42. The van der Waals surface area contributed by atoms with Crippen LogP contribution in [0.25, 0.3) is 0 Å². The highest BCUT2D eigenvalue weighted by Crippen LogP contribution is 2.32. The summed E-state index contributed by atoms with van der Waals surface area (Å²) in [6.07, 6.45) is 8.18. The van der Waals surface area contributed by atoms with Gasteiger partial charge in [0, 0.05) is 6.54 Å². The minimum Gasteiger partial charge on any atom is -0.268 e. The molecule has 2 rings (SSSR count). The minimum absolute atomic E-state index is 0.329. The standard InChI is InChI=1S/C10H12N2/c1-4-8-6-11-12-7-10(2,3)5-9(8)12/h1,6H,5,7H2,2-3H3. The molecule has 0 saturated heterocycles. The highest BCUT2D eigenvalue weighted by atomic mass is 15.3. The topological polar surface area (TPSA) is 17.8 Å². The zero-order valence-corrected chi connectivity index (χ0v) is 7.46. The van der Waals surface area contributed by atoms with Crippen molar-refractivity contribution in [1.82, 2.24) is 9.78 Å². The van der Waals surface area contributed by atoms with E-state index in [-0.39, 0.29) is 0 Å². The molecular formula is C10H12N2. The van der Waals surface area contributed by atoms with Gasteiger partial charge in [0.15, 0.2) is 0 Å². The molecule has 0 radical (unpaired) electrons. The summed E-state index contributed by atoms with van der Waals surface area (Å²) in [7, 11) is 0. The number of nitrogens with zero attached hydrogens (tertiary/aromatic N) is 2. The van der Waals surface area contributed by atoms with Gasteiger partial charge in [-0.1, -0.05) is 19.8 Å². The molecule has 0 spiro atoms. The number of terminal acetylenes is 1. The normalized spacial score (nSPS) is 18.8. The Bertz CT molecular complexity index is 352. The van der Waals surface area contributed by atoms with E-state index < -0.39 is 0 Å². The van der Waals surface area contributed by atoms with Gasteiger partial charge in [0.25, 0.3) is 0 Å². The molecule has 2 heteroatoms. The molecule has 2 nitrogen and oxygen atoms in total. The lowest BCUT2D eigenvalue weighted by atomic mass is 9.90. The second-order valence-electron chi connectivity index (χ2n) is 4.15. The van der Waals surface area contributed by atoms with Crippen LogP contribution in [0.2, 0.25) is 0 Å². The second-order valence-corrected chi connectivity index (χ2v) is 4.15. The minimum atomic E-state index is 0.329. The van der Waals surface area contributed by atoms with E-state index in [2.05, 4.69) is 24.9 Å². The van der Waals surface area contributed by atoms with E-state index in [1.807, 2.05) is 4.68 Å². The molecule has 0 aliphatic carbocycles. The first-order valence-corrected chi connectivity index (χ1v) is 4.14. The van der Waals surface area contributed by atoms with Gasteiger partial charge in [-0.25, -0.2) is 0 Å². The predicted molar refractivity (Wildman–Crippen MR) is 47.6 cm³/mol. The van der Waals surface area contributed by atoms with Crippen LogP contribution in [0.4, 0.5) is 0 Å². The average Bonchev–Trinajstić information content (AvgIpc) is 2.42. The van der Waals surface area contributed by atoms with Crippen molar-refractivity contribution in [3.8, 4) is 12.3 Å². The van der Waals surface area contributed by atoms with Gasteiger partial charge in [-0.3, -0.25) is 4.68 Å². The van der Waals surface area contributed by atoms with E-state index in [1.54, 1.807) is 6.20 Å². The first-order valence-electron chi connectivity index (χ1n) is 4.14. The average molecular weight is 160 g/mol. The Morgan fingerprint density at radius 3 is 3.08 bits per heavy atom. The van der Waals surface area contributed by atoms with Gasteiger partial charge in [-0.15, -0.1) is 6.42 Å². The third-order valence-electron chi connectivity index (χ3n) is 2.33. The van der Waals surface area contributed by atoms with Crippen molar-refractivity contribution in [2.24, 2.45) is 5.41 Å². The summed E-state index contributed by atoms with van der Waals surface area (Å²) in [5.74, 6) is 2.66. The van der Waals surface area contributed by atoms with E-state index in [0.29, 0.717) is 5.41 Å². The molecule has 2 heterocycles. The van der Waals surface area contributed by atoms with E-state index >= 15 is 0 Å². The monoisotopic (exact) mass is 160 g/mol. The number of rotatable bonds is 0. The fourth-order valence-electron chi connectivity index (χ4n) is 1.77. The van der Waals surface area contributed by atoms with E-state index in [4.69, 9.17) is 6.42 Å². The van der Waals surface area contributed by atoms with Gasteiger partial charge >= 0.3 is 0 Å². The van der Waals surface area contributed by atoms with Gasteiger partial charge in [0.1, 0.15) is 0 Å². The van der Waals surface area contributed by atoms with Crippen molar-refractivity contribution in [2.75, 3.05) is 0 Å². The van der Waals surface area contributed by atoms with Crippen LogP contribution in [0, 0.1) is 17.8 Å². The summed E-state index contributed by atoms with van der Waals surface area (Å²) >= 11 is 0. The summed E-state index contributed by atoms with van der Waals surface area (Å²) in [5.41, 5.74) is 2.51. The molecule has 0 N–H and O–H groups in total. The van der Waals surface area contributed by atoms with Crippen molar-refractivity contribution in [1.29, 1.82) is 0 Å². The SMILES string of the molecule is C#Cc1cnn2c1CC(C)(C)C2. The third kappa shape index (κ3) is 0.937. The van der Waals surface area contributed by atoms with Crippen LogP contribution < -0.4 is 0 Å². The van der Waals surface area contributed by atoms with Gasteiger partial charge in [-0.05, 0) is 11.8 Å². The van der Waals surface area contributed by atoms with Gasteiger partial charge in [0.05, 0.1) is 17.5 Å². The lowest BCUT2D eigenvalue weighted by Crippen LogP contribution is -2.12. The lowest BCUT2D eigenvalue weighted by molar-refractivity contribution is 0.347. The zero-order valence-electron chi connectivity index (χ0n) is 7.46. The number of hydrogen-bond donors (Lipinski definition) is 0. The van der Waals surface area contributed by atoms with Crippen LogP contribution in [0.5, 0.6) is 0 Å². The van der Waals surface area contributed by atoms with Crippen LogP contribution >= 0.6 is 0 Å². The fourth-order valence-corrected chi connectivity index (χ4v) is 1.77. The summed E-state index contributed by atoms with van der Waals surface area (Å²) in [6, 6.07) is 0. The Labute approximate surface area is 72.6 Å². The Kier molecular flexibility index (Phi) is 1.32. The maximum absolute atomic E-state index is 5.35. The molecule has 1 aromatic rings. The molecule has 0 bridgehead atoms. The fraction of sp³-hybridized carbons (Fsp3) is 0.500. The van der Waals surface area contributed by atoms with Gasteiger partial charge < -0.3 is 0 Å². The summed E-state index contributed by atoms with van der Waals surface area (Å²) in [5, 5.41) is 4.24. The van der Waals surface area contributed by atoms with Crippen LogP contribution in [0.3, 0.4) is 0 Å². The van der Waals surface area contributed by atoms with Crippen LogP contribution in [0.1, 0.15) is 25.1 Å². The van der Waals surface area contributed by atoms with Crippen molar-refractivity contribution in [3.05, 3.63) is 17.5 Å². The summed E-state index contributed by atoms with van der Waals surface area (Å²) in [6.45, 7) is 5.47. The second kappa shape index (κ2) is 2.13. The quantitative estimate of drug-likeness (QED) is 0.525. The molecule has 0 aromatic carbocycles. The molecule has 0 fully saturated rings. The van der Waals surface area contributed by atoms with Gasteiger partial charge in [-0.2, -0.15) is 5.10 Å². The number of fused-ring (bicyclic) bond motifs is 1. The Morgan fingerprint density at radius 2 is 2.42 bits per heavy atom. The highest BCUT2D eigenvalue weighted by Gasteiger charge is 2.30. The maximum atomic E-state index is 5.35. The zero-order chi connectivity index (χ0) is 8.77. The van der Waals surface area contributed by atoms with Crippen molar-refractivity contribution in [3.63, 3.8) is 0 Å². The Hall–Kier alpha value is -1.23. The summed E-state index contributed by atoms with van der Waals surface area (Å²) < 4.78 is 2.02.